The summed E-state index contributed by atoms with van der Waals surface area (Å²) in [6.07, 6.45) is 0.310. The summed E-state index contributed by atoms with van der Waals surface area (Å²) in [5.41, 5.74) is 4.61. The number of halogens is 6. The number of hydrogen-bond donors (Lipinski definition) is 2. The third-order valence-corrected chi connectivity index (χ3v) is 8.05. The van der Waals surface area contributed by atoms with Crippen LogP contribution in [0, 0.1) is 11.6 Å². The zero-order chi connectivity index (χ0) is 24.6. The lowest BCUT2D eigenvalue weighted by atomic mass is 9.96. The van der Waals surface area contributed by atoms with Crippen LogP contribution >= 0.6 is 50.7 Å². The molecule has 2 atom stereocenters. The molecule has 5 nitrogen and oxygen atoms in total. The van der Waals surface area contributed by atoms with Crippen molar-refractivity contribution in [2.24, 2.45) is 5.10 Å². The monoisotopic (exact) mass is 607 g/mol. The summed E-state index contributed by atoms with van der Waals surface area (Å²) >= 11 is 21.2. The van der Waals surface area contributed by atoms with Gasteiger partial charge < -0.3 is 5.43 Å². The Bertz CT molecular complexity index is 1390. The molecule has 0 saturated carbocycles. The lowest BCUT2D eigenvalue weighted by Crippen LogP contribution is -2.34. The van der Waals surface area contributed by atoms with Crippen LogP contribution in [-0.2, 0) is 10.0 Å². The molecule has 34 heavy (non-hydrogen) atoms. The first-order chi connectivity index (χ1) is 16.0. The van der Waals surface area contributed by atoms with Crippen LogP contribution in [-0.4, -0.2) is 14.1 Å². The van der Waals surface area contributed by atoms with Gasteiger partial charge in [-0.25, -0.2) is 17.2 Å². The van der Waals surface area contributed by atoms with Crippen LogP contribution in [0.25, 0.3) is 0 Å². The van der Waals surface area contributed by atoms with Crippen molar-refractivity contribution in [3.8, 4) is 0 Å². The third-order valence-electron chi connectivity index (χ3n) is 5.19. The van der Waals surface area contributed by atoms with E-state index in [-0.39, 0.29) is 15.5 Å². The van der Waals surface area contributed by atoms with Crippen molar-refractivity contribution in [3.63, 3.8) is 0 Å². The second kappa shape index (κ2) is 10.1. The molecule has 0 bridgehead atoms. The van der Waals surface area contributed by atoms with Gasteiger partial charge in [-0.15, -0.1) is 0 Å². The summed E-state index contributed by atoms with van der Waals surface area (Å²) in [4.78, 5) is -0.843. The molecule has 0 fully saturated rings. The lowest BCUT2D eigenvalue weighted by Gasteiger charge is -2.21. The van der Waals surface area contributed by atoms with Gasteiger partial charge in [-0.3, -0.25) is 0 Å². The third kappa shape index (κ3) is 5.40. The van der Waals surface area contributed by atoms with E-state index in [4.69, 9.17) is 34.8 Å². The number of benzene rings is 3. The highest BCUT2D eigenvalue weighted by Crippen LogP contribution is 2.34. The molecule has 3 aromatic rings. The Labute approximate surface area is 218 Å². The second-order valence-corrected chi connectivity index (χ2v) is 11.3. The van der Waals surface area contributed by atoms with E-state index >= 15 is 0 Å². The Kier molecular flexibility index (Phi) is 7.52. The summed E-state index contributed by atoms with van der Waals surface area (Å²) in [6, 6.07) is 11.7. The van der Waals surface area contributed by atoms with Gasteiger partial charge in [0.1, 0.15) is 16.5 Å². The van der Waals surface area contributed by atoms with Gasteiger partial charge >= 0.3 is 0 Å². The first-order valence-corrected chi connectivity index (χ1v) is 13.2. The molecule has 2 N–H and O–H groups in total. The summed E-state index contributed by atoms with van der Waals surface area (Å²) in [5, 5.41) is 5.43. The Morgan fingerprint density at radius 2 is 1.68 bits per heavy atom. The van der Waals surface area contributed by atoms with Crippen molar-refractivity contribution in [3.05, 3.63) is 96.9 Å². The van der Waals surface area contributed by atoms with Crippen LogP contribution in [0.3, 0.4) is 0 Å². The summed E-state index contributed by atoms with van der Waals surface area (Å²) in [5.74, 6) is -2.04. The molecule has 0 amide bonds. The fourth-order valence-corrected chi connectivity index (χ4v) is 5.74. The number of hydrogen-bond acceptors (Lipinski definition) is 4. The number of nitrogens with one attached hydrogen (secondary N) is 2. The Morgan fingerprint density at radius 3 is 2.35 bits per heavy atom. The average molecular weight is 610 g/mol. The van der Waals surface area contributed by atoms with E-state index in [0.717, 1.165) is 11.6 Å². The number of nitrogens with zero attached hydrogens (tertiary/aromatic N) is 1. The highest BCUT2D eigenvalue weighted by molar-refractivity contribution is 9.10. The maximum absolute atomic E-state index is 14.5. The summed E-state index contributed by atoms with van der Waals surface area (Å²) < 4.78 is 57.0. The molecule has 0 aliphatic carbocycles. The summed E-state index contributed by atoms with van der Waals surface area (Å²) in [6.45, 7) is 0. The molecule has 0 aromatic heterocycles. The Hall–Kier alpha value is -1.75. The predicted molar refractivity (Wildman–Crippen MR) is 133 cm³/mol. The molecule has 1 aliphatic rings. The summed E-state index contributed by atoms with van der Waals surface area (Å²) in [7, 11) is -4.53. The number of rotatable bonds is 6. The topological polar surface area (TPSA) is 70.6 Å². The first-order valence-electron chi connectivity index (χ1n) is 9.74. The minimum absolute atomic E-state index is 0.181. The molecular formula is C22H15BrCl3F2N3O2S. The molecule has 0 saturated heterocycles. The lowest BCUT2D eigenvalue weighted by molar-refractivity contribution is 0.541. The maximum Gasteiger partial charge on any atom is 0.244 e. The van der Waals surface area contributed by atoms with Crippen molar-refractivity contribution >= 4 is 66.5 Å². The van der Waals surface area contributed by atoms with Crippen LogP contribution in [0.15, 0.2) is 69.1 Å². The zero-order valence-corrected chi connectivity index (χ0v) is 21.7. The van der Waals surface area contributed by atoms with Gasteiger partial charge in [-0.05, 0) is 63.5 Å². The average Bonchev–Trinajstić information content (AvgIpc) is 3.25. The van der Waals surface area contributed by atoms with Gasteiger partial charge in [0.15, 0.2) is 0 Å². The molecule has 1 heterocycles. The van der Waals surface area contributed by atoms with Crippen LogP contribution in [0.4, 0.5) is 8.78 Å². The van der Waals surface area contributed by atoms with E-state index in [2.05, 4.69) is 31.2 Å². The van der Waals surface area contributed by atoms with E-state index in [0.29, 0.717) is 33.8 Å². The quantitative estimate of drug-likeness (QED) is 0.302. The molecule has 12 heteroatoms. The minimum atomic E-state index is -4.53. The van der Waals surface area contributed by atoms with Gasteiger partial charge in [-0.2, -0.15) is 9.82 Å². The van der Waals surface area contributed by atoms with Gasteiger partial charge in [-0.1, -0.05) is 53.0 Å². The number of sulfonamides is 1. The molecule has 0 radical (unpaired) electrons. The molecule has 1 aliphatic heterocycles. The first kappa shape index (κ1) is 25.3. The molecular weight excluding hydrogens is 595 g/mol. The van der Waals surface area contributed by atoms with Gasteiger partial charge in [0.2, 0.25) is 10.0 Å². The minimum Gasteiger partial charge on any atom is -0.302 e. The van der Waals surface area contributed by atoms with Crippen molar-refractivity contribution in [2.45, 2.75) is 23.4 Å². The molecule has 3 aromatic carbocycles. The van der Waals surface area contributed by atoms with Gasteiger partial charge in [0.25, 0.3) is 0 Å². The Morgan fingerprint density at radius 1 is 1.00 bits per heavy atom. The van der Waals surface area contributed by atoms with Crippen molar-refractivity contribution in [1.82, 2.24) is 10.1 Å². The van der Waals surface area contributed by atoms with E-state index in [9.17, 15) is 17.2 Å². The fourth-order valence-electron chi connectivity index (χ4n) is 3.51. The van der Waals surface area contributed by atoms with Crippen molar-refractivity contribution in [1.29, 1.82) is 0 Å². The standard InChI is InChI=1S/C22H15BrCl3F2N3O2S/c23-15-8-18(28)21(9-17(15)27)34(32,33)31-22(14-6-5-13(25)7-16(14)26)20-10-19(29-30-20)11-1-3-12(24)4-2-11/h1-9,19,22,29,31H,10H2. The van der Waals surface area contributed by atoms with Crippen molar-refractivity contribution < 1.29 is 17.2 Å². The van der Waals surface area contributed by atoms with Crippen LogP contribution in [0.2, 0.25) is 15.1 Å². The van der Waals surface area contributed by atoms with Crippen LogP contribution in [0.5, 0.6) is 0 Å². The zero-order valence-electron chi connectivity index (χ0n) is 17.0. The highest BCUT2D eigenvalue weighted by atomic mass is 79.9. The highest BCUT2D eigenvalue weighted by Gasteiger charge is 2.33. The molecule has 2 unspecified atom stereocenters. The smallest absolute Gasteiger partial charge is 0.244 e. The van der Waals surface area contributed by atoms with Crippen molar-refractivity contribution in [2.75, 3.05) is 0 Å². The van der Waals surface area contributed by atoms with Gasteiger partial charge in [0.05, 0.1) is 22.3 Å². The molecule has 178 valence electrons. The normalized spacial score (nSPS) is 16.8. The van der Waals surface area contributed by atoms with E-state index in [1.54, 1.807) is 24.3 Å². The molecule has 0 spiro atoms. The van der Waals surface area contributed by atoms with Crippen LogP contribution in [0.1, 0.15) is 29.6 Å². The largest absolute Gasteiger partial charge is 0.302 e. The SMILES string of the molecule is O=S(=O)(NC(C1=NNC(c2ccc(Cl)cc2)C1)c1ccc(Cl)cc1Cl)c1cc(F)c(Br)cc1F. The van der Waals surface area contributed by atoms with E-state index < -0.39 is 32.6 Å². The fraction of sp³-hybridized carbons (Fsp3) is 0.136. The Balaban J connectivity index is 1.71. The van der Waals surface area contributed by atoms with E-state index in [1.165, 1.54) is 6.07 Å². The van der Waals surface area contributed by atoms with Gasteiger partial charge in [0, 0.05) is 21.5 Å². The number of hydrazone groups is 1. The predicted octanol–water partition coefficient (Wildman–Crippen LogP) is 6.80. The second-order valence-electron chi connectivity index (χ2n) is 7.46. The maximum atomic E-state index is 14.5. The van der Waals surface area contributed by atoms with E-state index in [1.807, 2.05) is 12.1 Å². The van der Waals surface area contributed by atoms with Crippen LogP contribution < -0.4 is 10.1 Å². The molecule has 4 rings (SSSR count).